The predicted octanol–water partition coefficient (Wildman–Crippen LogP) is 3.03. The van der Waals surface area contributed by atoms with E-state index >= 15 is 0 Å². The van der Waals surface area contributed by atoms with Crippen molar-refractivity contribution >= 4 is 23.7 Å². The van der Waals surface area contributed by atoms with Crippen LogP contribution in [0.25, 0.3) is 0 Å². The zero-order valence-electron chi connectivity index (χ0n) is 18.5. The molecule has 1 aliphatic rings. The second-order valence-corrected chi connectivity index (χ2v) is 7.99. The molecule has 184 valence electrons. The number of ketones is 1. The van der Waals surface area contributed by atoms with Gasteiger partial charge < -0.3 is 20.6 Å². The van der Waals surface area contributed by atoms with Gasteiger partial charge in [-0.2, -0.15) is 13.2 Å². The smallest absolute Gasteiger partial charge is 0.416 e. The van der Waals surface area contributed by atoms with E-state index in [1.54, 1.807) is 24.3 Å². The molecule has 2 aromatic carbocycles. The maximum atomic E-state index is 12.8. The van der Waals surface area contributed by atoms with Crippen molar-refractivity contribution in [1.82, 2.24) is 15.5 Å². The van der Waals surface area contributed by atoms with Crippen LogP contribution in [0.15, 0.2) is 60.8 Å². The highest BCUT2D eigenvalue weighted by Gasteiger charge is 2.33. The number of nitrogens with zero attached hydrogens (tertiary/aromatic N) is 1. The minimum atomic E-state index is -4.44. The summed E-state index contributed by atoms with van der Waals surface area (Å²) in [5.74, 6) is -2.45. The van der Waals surface area contributed by atoms with Gasteiger partial charge in [-0.15, -0.1) is 0 Å². The first-order chi connectivity index (χ1) is 16.4. The number of carboxylic acids is 1. The molecule has 3 N–H and O–H groups in total. The first-order valence-corrected chi connectivity index (χ1v) is 10.5. The van der Waals surface area contributed by atoms with Crippen molar-refractivity contribution in [2.45, 2.75) is 31.1 Å². The summed E-state index contributed by atoms with van der Waals surface area (Å²) in [5, 5.41) is 14.1. The Morgan fingerprint density at radius 2 is 1.77 bits per heavy atom. The van der Waals surface area contributed by atoms with Gasteiger partial charge in [0.1, 0.15) is 0 Å². The van der Waals surface area contributed by atoms with E-state index in [0.29, 0.717) is 16.7 Å². The van der Waals surface area contributed by atoms with E-state index in [-0.39, 0.29) is 6.42 Å². The molecular formula is C24H22F3N3O5. The Morgan fingerprint density at radius 1 is 1.09 bits per heavy atom. The molecule has 0 saturated heterocycles. The van der Waals surface area contributed by atoms with Crippen LogP contribution in [0.2, 0.25) is 0 Å². The summed E-state index contributed by atoms with van der Waals surface area (Å²) in [5.41, 5.74) is 0.972. The van der Waals surface area contributed by atoms with Gasteiger partial charge in [0.2, 0.25) is 0 Å². The third kappa shape index (κ3) is 6.69. The van der Waals surface area contributed by atoms with Gasteiger partial charge in [0, 0.05) is 19.3 Å². The van der Waals surface area contributed by atoms with E-state index in [1.165, 1.54) is 25.4 Å². The highest BCUT2D eigenvalue weighted by molar-refractivity contribution is 6.14. The molecule has 0 aliphatic carbocycles. The van der Waals surface area contributed by atoms with Crippen molar-refractivity contribution in [3.05, 3.63) is 83.1 Å². The lowest BCUT2D eigenvalue weighted by Gasteiger charge is -2.25. The molecule has 0 saturated carbocycles. The summed E-state index contributed by atoms with van der Waals surface area (Å²) in [6, 6.07) is 7.95. The van der Waals surface area contributed by atoms with Crippen molar-refractivity contribution in [3.8, 4) is 0 Å². The largest absolute Gasteiger partial charge is 0.481 e. The number of carbonyl (C=O) groups is 4. The van der Waals surface area contributed by atoms with Crippen LogP contribution in [0.3, 0.4) is 0 Å². The number of rotatable bonds is 7. The van der Waals surface area contributed by atoms with E-state index in [9.17, 15) is 37.5 Å². The molecule has 2 aromatic rings. The Morgan fingerprint density at radius 3 is 2.40 bits per heavy atom. The lowest BCUT2D eigenvalue weighted by molar-refractivity contribution is -0.138. The second-order valence-electron chi connectivity index (χ2n) is 7.99. The van der Waals surface area contributed by atoms with E-state index in [0.717, 1.165) is 23.1 Å². The first-order valence-electron chi connectivity index (χ1n) is 10.5. The fourth-order valence-electron chi connectivity index (χ4n) is 3.54. The number of carbonyl (C=O) groups excluding carboxylic acids is 3. The molecule has 0 fully saturated rings. The van der Waals surface area contributed by atoms with Gasteiger partial charge in [0.15, 0.2) is 11.8 Å². The zero-order chi connectivity index (χ0) is 25.8. The SMILES string of the molecule is CN1C=CC(=O)C(NC(=O)NC(CC(=O)O)c2cccc(Cc3ccc(C(F)(F)F)cc3)c2)C1=O. The normalized spacial score (nSPS) is 16.7. The van der Waals surface area contributed by atoms with Crippen LogP contribution >= 0.6 is 0 Å². The molecule has 3 rings (SSSR count). The Kier molecular flexibility index (Phi) is 7.58. The average Bonchev–Trinajstić information content (AvgIpc) is 2.78. The number of aliphatic carboxylic acids is 1. The minimum absolute atomic E-state index is 0.279. The van der Waals surface area contributed by atoms with E-state index in [1.807, 2.05) is 0 Å². The molecule has 1 aliphatic heterocycles. The zero-order valence-corrected chi connectivity index (χ0v) is 18.5. The molecule has 35 heavy (non-hydrogen) atoms. The molecule has 11 heteroatoms. The van der Waals surface area contributed by atoms with Crippen LogP contribution in [0.4, 0.5) is 18.0 Å². The topological polar surface area (TPSA) is 116 Å². The molecule has 0 bridgehead atoms. The van der Waals surface area contributed by atoms with Crippen LogP contribution < -0.4 is 10.6 Å². The molecule has 2 atom stereocenters. The quantitative estimate of drug-likeness (QED) is 0.517. The lowest BCUT2D eigenvalue weighted by Crippen LogP contribution is -2.55. The number of hydrogen-bond donors (Lipinski definition) is 3. The van der Waals surface area contributed by atoms with Crippen molar-refractivity contribution in [3.63, 3.8) is 0 Å². The minimum Gasteiger partial charge on any atom is -0.481 e. The fourth-order valence-corrected chi connectivity index (χ4v) is 3.54. The Hall–Kier alpha value is -4.15. The van der Waals surface area contributed by atoms with Crippen LogP contribution in [-0.4, -0.2) is 46.8 Å². The van der Waals surface area contributed by atoms with Crippen molar-refractivity contribution in [2.24, 2.45) is 0 Å². The van der Waals surface area contributed by atoms with Crippen molar-refractivity contribution in [1.29, 1.82) is 0 Å². The molecule has 8 nitrogen and oxygen atoms in total. The number of alkyl halides is 3. The highest BCUT2D eigenvalue weighted by Crippen LogP contribution is 2.29. The van der Waals surface area contributed by atoms with Gasteiger partial charge in [-0.05, 0) is 35.2 Å². The van der Waals surface area contributed by atoms with Crippen LogP contribution in [0.1, 0.15) is 34.7 Å². The van der Waals surface area contributed by atoms with Crippen molar-refractivity contribution < 1.29 is 37.5 Å². The van der Waals surface area contributed by atoms with Crippen LogP contribution in [-0.2, 0) is 27.0 Å². The number of benzene rings is 2. The molecule has 2 unspecified atom stereocenters. The fraction of sp³-hybridized carbons (Fsp3) is 0.250. The molecule has 0 aromatic heterocycles. The van der Waals surface area contributed by atoms with Crippen LogP contribution in [0, 0.1) is 0 Å². The molecule has 0 spiro atoms. The third-order valence-electron chi connectivity index (χ3n) is 5.34. The summed E-state index contributed by atoms with van der Waals surface area (Å²) >= 11 is 0. The number of hydrogen-bond acceptors (Lipinski definition) is 4. The first kappa shape index (κ1) is 25.5. The number of carboxylic acid groups (broad SMARTS) is 1. The molecule has 3 amide bonds. The third-order valence-corrected chi connectivity index (χ3v) is 5.34. The van der Waals surface area contributed by atoms with Gasteiger partial charge in [-0.3, -0.25) is 14.4 Å². The second kappa shape index (κ2) is 10.4. The number of likely N-dealkylation sites (N-methyl/N-ethyl adjacent to an activating group) is 1. The maximum absolute atomic E-state index is 12.8. The van der Waals surface area contributed by atoms with E-state index in [2.05, 4.69) is 10.6 Å². The van der Waals surface area contributed by atoms with Gasteiger partial charge in [0.05, 0.1) is 18.0 Å². The number of urea groups is 1. The average molecular weight is 489 g/mol. The standard InChI is InChI=1S/C24H22F3N3O5/c1-30-10-9-19(31)21(22(30)34)29-23(35)28-18(13-20(32)33)16-4-2-3-15(12-16)11-14-5-7-17(8-6-14)24(25,26)27/h2-10,12,18,21H,11,13H2,1H3,(H,32,33)(H2,28,29,35). The summed E-state index contributed by atoms with van der Waals surface area (Å²) in [6.45, 7) is 0. The highest BCUT2D eigenvalue weighted by atomic mass is 19.4. The van der Waals surface area contributed by atoms with Crippen molar-refractivity contribution in [2.75, 3.05) is 7.05 Å². The van der Waals surface area contributed by atoms with Crippen LogP contribution in [0.5, 0.6) is 0 Å². The van der Waals surface area contributed by atoms with Gasteiger partial charge >= 0.3 is 18.2 Å². The molecular weight excluding hydrogens is 467 g/mol. The summed E-state index contributed by atoms with van der Waals surface area (Å²) < 4.78 is 38.3. The predicted molar refractivity (Wildman–Crippen MR) is 118 cm³/mol. The summed E-state index contributed by atoms with van der Waals surface area (Å²) in [6.07, 6.45) is -2.22. The van der Waals surface area contributed by atoms with Gasteiger partial charge in [-0.1, -0.05) is 36.4 Å². The Labute approximate surface area is 198 Å². The summed E-state index contributed by atoms with van der Waals surface area (Å²) in [4.78, 5) is 49.2. The Balaban J connectivity index is 1.74. The van der Waals surface area contributed by atoms with Gasteiger partial charge in [0.25, 0.3) is 5.91 Å². The molecule has 1 heterocycles. The number of nitrogens with one attached hydrogen (secondary N) is 2. The van der Waals surface area contributed by atoms with E-state index < -0.39 is 53.9 Å². The van der Waals surface area contributed by atoms with Gasteiger partial charge in [-0.25, -0.2) is 4.79 Å². The lowest BCUT2D eigenvalue weighted by atomic mass is 9.97. The Bertz CT molecular complexity index is 1160. The molecule has 0 radical (unpaired) electrons. The number of halogens is 3. The monoisotopic (exact) mass is 489 g/mol. The number of amides is 3. The maximum Gasteiger partial charge on any atom is 0.416 e. The van der Waals surface area contributed by atoms with E-state index in [4.69, 9.17) is 0 Å². The summed E-state index contributed by atoms with van der Waals surface area (Å²) in [7, 11) is 1.42.